The predicted octanol–water partition coefficient (Wildman–Crippen LogP) is 3.39. The van der Waals surface area contributed by atoms with Crippen LogP contribution >= 0.6 is 0 Å². The Morgan fingerprint density at radius 3 is 2.87 bits per heavy atom. The SMILES string of the molecule is CCC1C(=O)CCCc2cc(C)ccc21. The molecule has 15 heavy (non-hydrogen) atoms. The van der Waals surface area contributed by atoms with Gasteiger partial charge in [-0.15, -0.1) is 0 Å². The molecule has 0 aliphatic heterocycles. The van der Waals surface area contributed by atoms with E-state index < -0.39 is 0 Å². The number of carbonyl (C=O) groups is 1. The summed E-state index contributed by atoms with van der Waals surface area (Å²) in [6.07, 6.45) is 3.78. The van der Waals surface area contributed by atoms with Crippen LogP contribution in [0.2, 0.25) is 0 Å². The van der Waals surface area contributed by atoms with Gasteiger partial charge in [-0.05, 0) is 37.3 Å². The van der Waals surface area contributed by atoms with Crippen LogP contribution in [0.1, 0.15) is 48.8 Å². The van der Waals surface area contributed by atoms with Crippen molar-refractivity contribution in [3.05, 3.63) is 34.9 Å². The molecule has 1 aliphatic carbocycles. The third-order valence-corrected chi connectivity index (χ3v) is 3.34. The van der Waals surface area contributed by atoms with Gasteiger partial charge < -0.3 is 0 Å². The van der Waals surface area contributed by atoms with E-state index in [-0.39, 0.29) is 5.92 Å². The number of rotatable bonds is 1. The largest absolute Gasteiger partial charge is 0.299 e. The average Bonchev–Trinajstić information content (AvgIpc) is 2.36. The van der Waals surface area contributed by atoms with Crippen molar-refractivity contribution in [1.82, 2.24) is 0 Å². The number of Topliss-reactive ketones (excluding diaryl/α,β-unsaturated/α-hetero) is 1. The molecule has 0 bridgehead atoms. The Bertz CT molecular complexity index is 379. The van der Waals surface area contributed by atoms with Crippen molar-refractivity contribution in [1.29, 1.82) is 0 Å². The molecule has 1 atom stereocenters. The fraction of sp³-hybridized carbons (Fsp3) is 0.500. The molecule has 0 radical (unpaired) electrons. The van der Waals surface area contributed by atoms with E-state index >= 15 is 0 Å². The van der Waals surface area contributed by atoms with E-state index in [4.69, 9.17) is 0 Å². The lowest BCUT2D eigenvalue weighted by atomic mass is 9.89. The van der Waals surface area contributed by atoms with E-state index in [0.717, 1.165) is 25.7 Å². The summed E-state index contributed by atoms with van der Waals surface area (Å²) in [6, 6.07) is 6.53. The molecular weight excluding hydrogens is 184 g/mol. The molecule has 1 aromatic carbocycles. The first-order chi connectivity index (χ1) is 7.22. The standard InChI is InChI=1S/C14H18O/c1-3-12-13-8-7-10(2)9-11(13)5-4-6-14(12)15/h7-9,12H,3-6H2,1-2H3. The van der Waals surface area contributed by atoms with Crippen molar-refractivity contribution in [3.63, 3.8) is 0 Å². The number of ketones is 1. The third-order valence-electron chi connectivity index (χ3n) is 3.34. The van der Waals surface area contributed by atoms with Crippen molar-refractivity contribution in [2.45, 2.75) is 45.4 Å². The van der Waals surface area contributed by atoms with Gasteiger partial charge in [0.15, 0.2) is 0 Å². The molecule has 1 heteroatoms. The summed E-state index contributed by atoms with van der Waals surface area (Å²) in [5.74, 6) is 0.586. The topological polar surface area (TPSA) is 17.1 Å². The summed E-state index contributed by atoms with van der Waals surface area (Å²) in [5, 5.41) is 0. The van der Waals surface area contributed by atoms with Gasteiger partial charge in [-0.2, -0.15) is 0 Å². The van der Waals surface area contributed by atoms with Crippen molar-refractivity contribution in [2.75, 3.05) is 0 Å². The lowest BCUT2D eigenvalue weighted by Gasteiger charge is -2.14. The normalized spacial score (nSPS) is 20.9. The van der Waals surface area contributed by atoms with E-state index in [2.05, 4.69) is 32.0 Å². The monoisotopic (exact) mass is 202 g/mol. The molecule has 0 aromatic heterocycles. The minimum Gasteiger partial charge on any atom is -0.299 e. The molecule has 0 saturated heterocycles. The highest BCUT2D eigenvalue weighted by molar-refractivity contribution is 5.86. The van der Waals surface area contributed by atoms with Crippen molar-refractivity contribution >= 4 is 5.78 Å². The van der Waals surface area contributed by atoms with Gasteiger partial charge in [0, 0.05) is 12.3 Å². The van der Waals surface area contributed by atoms with E-state index in [9.17, 15) is 4.79 Å². The lowest BCUT2D eigenvalue weighted by molar-refractivity contribution is -0.120. The first kappa shape index (κ1) is 10.4. The summed E-state index contributed by atoms with van der Waals surface area (Å²) < 4.78 is 0. The minimum absolute atomic E-state index is 0.156. The Morgan fingerprint density at radius 2 is 2.13 bits per heavy atom. The number of fused-ring (bicyclic) bond motifs is 1. The second-order valence-electron chi connectivity index (χ2n) is 4.48. The summed E-state index contributed by atoms with van der Waals surface area (Å²) in [4.78, 5) is 11.9. The molecular formula is C14H18O. The number of benzene rings is 1. The number of hydrogen-bond donors (Lipinski definition) is 0. The molecule has 80 valence electrons. The highest BCUT2D eigenvalue weighted by Gasteiger charge is 2.23. The van der Waals surface area contributed by atoms with Crippen LogP contribution < -0.4 is 0 Å². The zero-order valence-corrected chi connectivity index (χ0v) is 9.55. The number of hydrogen-bond acceptors (Lipinski definition) is 1. The molecule has 0 amide bonds. The van der Waals surface area contributed by atoms with Gasteiger partial charge in [0.05, 0.1) is 0 Å². The highest BCUT2D eigenvalue weighted by Crippen LogP contribution is 2.30. The van der Waals surface area contributed by atoms with Gasteiger partial charge in [0.25, 0.3) is 0 Å². The van der Waals surface area contributed by atoms with Crippen LogP contribution in [0.4, 0.5) is 0 Å². The Hall–Kier alpha value is -1.11. The zero-order chi connectivity index (χ0) is 10.8. The van der Waals surface area contributed by atoms with E-state index in [1.165, 1.54) is 16.7 Å². The third kappa shape index (κ3) is 1.97. The molecule has 0 heterocycles. The molecule has 1 nitrogen and oxygen atoms in total. The van der Waals surface area contributed by atoms with Crippen LogP contribution in [0.25, 0.3) is 0 Å². The Labute approximate surface area is 91.5 Å². The summed E-state index contributed by atoms with van der Waals surface area (Å²) >= 11 is 0. The highest BCUT2D eigenvalue weighted by atomic mass is 16.1. The lowest BCUT2D eigenvalue weighted by Crippen LogP contribution is -2.10. The zero-order valence-electron chi connectivity index (χ0n) is 9.55. The Balaban J connectivity index is 2.47. The maximum Gasteiger partial charge on any atom is 0.140 e. The van der Waals surface area contributed by atoms with E-state index in [1.54, 1.807) is 0 Å². The van der Waals surface area contributed by atoms with Crippen LogP contribution in [0, 0.1) is 6.92 Å². The van der Waals surface area contributed by atoms with E-state index in [1.807, 2.05) is 0 Å². The Morgan fingerprint density at radius 1 is 1.33 bits per heavy atom. The van der Waals surface area contributed by atoms with Gasteiger partial charge in [0.2, 0.25) is 0 Å². The molecule has 0 saturated carbocycles. The fourth-order valence-electron chi connectivity index (χ4n) is 2.54. The molecule has 1 aromatic rings. The smallest absolute Gasteiger partial charge is 0.140 e. The molecule has 2 rings (SSSR count). The van der Waals surface area contributed by atoms with Gasteiger partial charge in [-0.25, -0.2) is 0 Å². The van der Waals surface area contributed by atoms with Crippen LogP contribution in [0.3, 0.4) is 0 Å². The quantitative estimate of drug-likeness (QED) is 0.638. The second kappa shape index (κ2) is 4.18. The molecule has 1 unspecified atom stereocenters. The molecule has 0 N–H and O–H groups in total. The summed E-state index contributed by atoms with van der Waals surface area (Å²) in [5.41, 5.74) is 3.98. The Kier molecular flexibility index (Phi) is 2.90. The first-order valence-corrected chi connectivity index (χ1v) is 5.84. The van der Waals surface area contributed by atoms with E-state index in [0.29, 0.717) is 5.78 Å². The van der Waals surface area contributed by atoms with Crippen LogP contribution in [0.5, 0.6) is 0 Å². The first-order valence-electron chi connectivity index (χ1n) is 5.84. The van der Waals surface area contributed by atoms with Gasteiger partial charge in [-0.1, -0.05) is 30.7 Å². The fourth-order valence-corrected chi connectivity index (χ4v) is 2.54. The maximum absolute atomic E-state index is 11.9. The maximum atomic E-state index is 11.9. The van der Waals surface area contributed by atoms with Crippen LogP contribution in [-0.2, 0) is 11.2 Å². The van der Waals surface area contributed by atoms with Crippen molar-refractivity contribution < 1.29 is 4.79 Å². The van der Waals surface area contributed by atoms with Crippen molar-refractivity contribution in [3.8, 4) is 0 Å². The molecule has 0 fully saturated rings. The molecule has 0 spiro atoms. The summed E-state index contributed by atoms with van der Waals surface area (Å²) in [7, 11) is 0. The number of aryl methyl sites for hydroxylation is 2. The van der Waals surface area contributed by atoms with Gasteiger partial charge in [0.1, 0.15) is 5.78 Å². The summed E-state index contributed by atoms with van der Waals surface area (Å²) in [6.45, 7) is 4.23. The minimum atomic E-state index is 0.156. The van der Waals surface area contributed by atoms with Crippen LogP contribution in [-0.4, -0.2) is 5.78 Å². The average molecular weight is 202 g/mol. The number of carbonyl (C=O) groups excluding carboxylic acids is 1. The second-order valence-corrected chi connectivity index (χ2v) is 4.48. The van der Waals surface area contributed by atoms with Crippen molar-refractivity contribution in [2.24, 2.45) is 0 Å². The van der Waals surface area contributed by atoms with Gasteiger partial charge >= 0.3 is 0 Å². The van der Waals surface area contributed by atoms with Gasteiger partial charge in [-0.3, -0.25) is 4.79 Å². The predicted molar refractivity (Wildman–Crippen MR) is 62.2 cm³/mol. The van der Waals surface area contributed by atoms with Crippen LogP contribution in [0.15, 0.2) is 18.2 Å². The molecule has 1 aliphatic rings.